The summed E-state index contributed by atoms with van der Waals surface area (Å²) in [4.78, 5) is 8.41. The van der Waals surface area contributed by atoms with E-state index < -0.39 is 9.84 Å². The summed E-state index contributed by atoms with van der Waals surface area (Å²) in [6.45, 7) is 2.02. The average molecular weight is 309 g/mol. The molecule has 18 heavy (non-hydrogen) atoms. The molecule has 0 saturated carbocycles. The van der Waals surface area contributed by atoms with Crippen LogP contribution in [-0.4, -0.2) is 29.9 Å². The van der Waals surface area contributed by atoms with Crippen LogP contribution < -0.4 is 0 Å². The zero-order chi connectivity index (χ0) is 13.3. The molecule has 1 saturated heterocycles. The molecule has 0 radical (unpaired) electrons. The van der Waals surface area contributed by atoms with Gasteiger partial charge in [0.25, 0.3) is 0 Å². The number of halogens is 2. The molecular formula is C11H14Cl2N2O2S. The van der Waals surface area contributed by atoms with Gasteiger partial charge in [-0.25, -0.2) is 18.4 Å². The minimum atomic E-state index is -2.96. The maximum absolute atomic E-state index is 11.4. The standard InChI is InChI=1S/C11H14Cl2N2O2S/c1-2-3-8-9(12)14-11(15-10(8)13)7-4-5-18(16,17)6-7/h7H,2-6H2,1H3. The van der Waals surface area contributed by atoms with Crippen molar-refractivity contribution in [2.45, 2.75) is 32.1 Å². The van der Waals surface area contributed by atoms with Crippen LogP contribution in [-0.2, 0) is 16.3 Å². The minimum Gasteiger partial charge on any atom is -0.229 e. The lowest BCUT2D eigenvalue weighted by Gasteiger charge is -2.10. The van der Waals surface area contributed by atoms with Gasteiger partial charge in [-0.1, -0.05) is 36.5 Å². The second kappa shape index (κ2) is 5.31. The first-order valence-corrected chi connectivity index (χ1v) is 8.43. The number of hydrogen-bond acceptors (Lipinski definition) is 4. The third-order valence-electron chi connectivity index (χ3n) is 3.02. The topological polar surface area (TPSA) is 59.9 Å². The Morgan fingerprint density at radius 2 is 1.89 bits per heavy atom. The Morgan fingerprint density at radius 1 is 1.28 bits per heavy atom. The fraction of sp³-hybridized carbons (Fsp3) is 0.636. The molecule has 1 aliphatic rings. The molecule has 0 bridgehead atoms. The van der Waals surface area contributed by atoms with E-state index in [2.05, 4.69) is 9.97 Å². The summed E-state index contributed by atoms with van der Waals surface area (Å²) in [7, 11) is -2.96. The molecule has 4 nitrogen and oxygen atoms in total. The van der Waals surface area contributed by atoms with Crippen LogP contribution in [0, 0.1) is 0 Å². The van der Waals surface area contributed by atoms with Gasteiger partial charge in [0.1, 0.15) is 16.1 Å². The van der Waals surface area contributed by atoms with Crippen molar-refractivity contribution in [3.8, 4) is 0 Å². The van der Waals surface area contributed by atoms with Gasteiger partial charge in [0.2, 0.25) is 0 Å². The molecule has 0 amide bonds. The Balaban J connectivity index is 2.31. The van der Waals surface area contributed by atoms with Crippen molar-refractivity contribution in [1.82, 2.24) is 9.97 Å². The van der Waals surface area contributed by atoms with E-state index in [4.69, 9.17) is 23.2 Å². The normalized spacial score (nSPS) is 22.3. The number of nitrogens with zero attached hydrogens (tertiary/aromatic N) is 2. The van der Waals surface area contributed by atoms with Gasteiger partial charge in [0.05, 0.1) is 11.5 Å². The highest BCUT2D eigenvalue weighted by atomic mass is 35.5. The van der Waals surface area contributed by atoms with E-state index in [9.17, 15) is 8.42 Å². The van der Waals surface area contributed by atoms with Gasteiger partial charge in [0, 0.05) is 11.5 Å². The van der Waals surface area contributed by atoms with Gasteiger partial charge < -0.3 is 0 Å². The fourth-order valence-electron chi connectivity index (χ4n) is 2.08. The number of hydrogen-bond donors (Lipinski definition) is 0. The summed E-state index contributed by atoms with van der Waals surface area (Å²) in [5, 5.41) is 0.687. The maximum Gasteiger partial charge on any atom is 0.151 e. The molecule has 0 spiro atoms. The number of rotatable bonds is 3. The molecule has 0 N–H and O–H groups in total. The second-order valence-electron chi connectivity index (χ2n) is 4.49. The summed E-state index contributed by atoms with van der Waals surface area (Å²) in [6.07, 6.45) is 2.17. The Morgan fingerprint density at radius 3 is 2.33 bits per heavy atom. The molecule has 1 atom stereocenters. The van der Waals surface area contributed by atoms with E-state index >= 15 is 0 Å². The summed E-state index contributed by atoms with van der Waals surface area (Å²) in [5.41, 5.74) is 0.741. The van der Waals surface area contributed by atoms with Crippen LogP contribution in [0.2, 0.25) is 10.3 Å². The third-order valence-corrected chi connectivity index (χ3v) is 5.41. The summed E-state index contributed by atoms with van der Waals surface area (Å²) >= 11 is 12.2. The van der Waals surface area contributed by atoms with Crippen LogP contribution in [0.5, 0.6) is 0 Å². The highest BCUT2D eigenvalue weighted by Crippen LogP contribution is 2.30. The van der Waals surface area contributed by atoms with E-state index in [1.807, 2.05) is 6.92 Å². The number of aromatic nitrogens is 2. The van der Waals surface area contributed by atoms with Crippen LogP contribution in [0.1, 0.15) is 37.1 Å². The van der Waals surface area contributed by atoms with E-state index in [0.717, 1.165) is 18.4 Å². The van der Waals surface area contributed by atoms with Crippen LogP contribution >= 0.6 is 23.2 Å². The molecule has 2 heterocycles. The molecule has 2 rings (SSSR count). The van der Waals surface area contributed by atoms with Gasteiger partial charge in [-0.15, -0.1) is 0 Å². The van der Waals surface area contributed by atoms with E-state index in [1.54, 1.807) is 0 Å². The lowest BCUT2D eigenvalue weighted by molar-refractivity contribution is 0.601. The fourth-order valence-corrected chi connectivity index (χ4v) is 4.41. The van der Waals surface area contributed by atoms with Crippen molar-refractivity contribution in [2.24, 2.45) is 0 Å². The van der Waals surface area contributed by atoms with E-state index in [1.165, 1.54) is 0 Å². The van der Waals surface area contributed by atoms with Gasteiger partial charge in [-0.3, -0.25) is 0 Å². The Bertz CT molecular complexity index is 537. The predicted molar refractivity (Wildman–Crippen MR) is 72.1 cm³/mol. The lowest BCUT2D eigenvalue weighted by Crippen LogP contribution is -2.09. The lowest BCUT2D eigenvalue weighted by atomic mass is 10.1. The molecule has 1 fully saturated rings. The summed E-state index contributed by atoms with van der Waals surface area (Å²) in [5.74, 6) is 0.548. The quantitative estimate of drug-likeness (QED) is 0.805. The molecule has 7 heteroatoms. The van der Waals surface area contributed by atoms with Crippen molar-refractivity contribution in [3.63, 3.8) is 0 Å². The zero-order valence-electron chi connectivity index (χ0n) is 9.99. The Hall–Kier alpha value is -0.390. The monoisotopic (exact) mass is 308 g/mol. The van der Waals surface area contributed by atoms with Crippen LogP contribution in [0.15, 0.2) is 0 Å². The zero-order valence-corrected chi connectivity index (χ0v) is 12.3. The second-order valence-corrected chi connectivity index (χ2v) is 7.44. The minimum absolute atomic E-state index is 0.0901. The predicted octanol–water partition coefficient (Wildman–Crippen LogP) is 2.64. The van der Waals surface area contributed by atoms with Crippen LogP contribution in [0.25, 0.3) is 0 Å². The molecule has 1 aromatic heterocycles. The third kappa shape index (κ3) is 2.95. The highest BCUT2D eigenvalue weighted by molar-refractivity contribution is 7.91. The van der Waals surface area contributed by atoms with Crippen LogP contribution in [0.4, 0.5) is 0 Å². The van der Waals surface area contributed by atoms with Crippen molar-refractivity contribution >= 4 is 33.0 Å². The molecule has 0 aliphatic carbocycles. The van der Waals surface area contributed by atoms with E-state index in [-0.39, 0.29) is 17.4 Å². The van der Waals surface area contributed by atoms with Gasteiger partial charge >= 0.3 is 0 Å². The van der Waals surface area contributed by atoms with Crippen molar-refractivity contribution < 1.29 is 8.42 Å². The largest absolute Gasteiger partial charge is 0.229 e. The summed E-state index contributed by atoms with van der Waals surface area (Å²) in [6, 6.07) is 0. The smallest absolute Gasteiger partial charge is 0.151 e. The van der Waals surface area contributed by atoms with Crippen molar-refractivity contribution in [3.05, 3.63) is 21.7 Å². The maximum atomic E-state index is 11.4. The van der Waals surface area contributed by atoms with Gasteiger partial charge in [-0.05, 0) is 12.8 Å². The first-order valence-electron chi connectivity index (χ1n) is 5.85. The molecule has 1 aliphatic heterocycles. The molecule has 100 valence electrons. The van der Waals surface area contributed by atoms with E-state index in [0.29, 0.717) is 22.6 Å². The highest BCUT2D eigenvalue weighted by Gasteiger charge is 2.31. The Labute approximate surface area is 117 Å². The van der Waals surface area contributed by atoms with Gasteiger partial charge in [0.15, 0.2) is 9.84 Å². The van der Waals surface area contributed by atoms with Gasteiger partial charge in [-0.2, -0.15) is 0 Å². The van der Waals surface area contributed by atoms with Crippen molar-refractivity contribution in [2.75, 3.05) is 11.5 Å². The first-order chi connectivity index (χ1) is 8.43. The first kappa shape index (κ1) is 14.0. The molecule has 0 aromatic carbocycles. The van der Waals surface area contributed by atoms with Crippen molar-refractivity contribution in [1.29, 1.82) is 0 Å². The summed E-state index contributed by atoms with van der Waals surface area (Å²) < 4.78 is 22.9. The van der Waals surface area contributed by atoms with Crippen LogP contribution in [0.3, 0.4) is 0 Å². The Kier molecular flexibility index (Phi) is 4.14. The molecule has 1 unspecified atom stereocenters. The average Bonchev–Trinajstić information content (AvgIpc) is 2.64. The molecule has 1 aromatic rings. The SMILES string of the molecule is CCCc1c(Cl)nc(C2CCS(=O)(=O)C2)nc1Cl. The number of sulfone groups is 1. The molecular weight excluding hydrogens is 295 g/mol.